The molecule has 1 heterocycles. The summed E-state index contributed by atoms with van der Waals surface area (Å²) in [5.41, 5.74) is 5.16. The summed E-state index contributed by atoms with van der Waals surface area (Å²) in [5.74, 6) is -0.118. The Balaban J connectivity index is 2.63. The van der Waals surface area contributed by atoms with Crippen molar-refractivity contribution in [2.24, 2.45) is 16.6 Å². The zero-order valence-electron chi connectivity index (χ0n) is 7.86. The number of nitrogens with two attached hydrogens (primary N) is 1. The van der Waals surface area contributed by atoms with Gasteiger partial charge in [-0.3, -0.25) is 4.79 Å². The minimum Gasteiger partial charge on any atom is -0.475 e. The highest BCUT2D eigenvalue weighted by molar-refractivity contribution is 5.82. The molecular weight excluding hydrogens is 168 g/mol. The molecule has 0 bridgehead atoms. The zero-order chi connectivity index (χ0) is 9.84. The van der Waals surface area contributed by atoms with Gasteiger partial charge in [-0.25, -0.2) is 4.99 Å². The maximum Gasteiger partial charge on any atom is 0.224 e. The molecule has 0 aliphatic carbocycles. The molecule has 0 saturated carbocycles. The van der Waals surface area contributed by atoms with E-state index >= 15 is 0 Å². The first-order valence-corrected chi connectivity index (χ1v) is 4.30. The van der Waals surface area contributed by atoms with E-state index in [-0.39, 0.29) is 17.9 Å². The predicted octanol–water partition coefficient (Wildman–Crippen LogP) is 0.829. The molecule has 13 heavy (non-hydrogen) atoms. The first kappa shape index (κ1) is 9.77. The lowest BCUT2D eigenvalue weighted by Gasteiger charge is -2.15. The third-order valence-electron chi connectivity index (χ3n) is 1.64. The Bertz CT molecular complexity index is 256. The Morgan fingerprint density at radius 1 is 1.77 bits per heavy atom. The van der Waals surface area contributed by atoms with Crippen LogP contribution in [0.3, 0.4) is 0 Å². The summed E-state index contributed by atoms with van der Waals surface area (Å²) in [6.07, 6.45) is 3.96. The maximum atomic E-state index is 10.8. The molecule has 2 N–H and O–H groups in total. The van der Waals surface area contributed by atoms with E-state index in [0.29, 0.717) is 12.3 Å². The van der Waals surface area contributed by atoms with Crippen molar-refractivity contribution in [1.29, 1.82) is 0 Å². The average Bonchev–Trinajstić information content (AvgIpc) is 2.03. The van der Waals surface area contributed by atoms with E-state index in [9.17, 15) is 4.79 Å². The third-order valence-corrected chi connectivity index (χ3v) is 1.64. The van der Waals surface area contributed by atoms with Crippen molar-refractivity contribution in [3.63, 3.8) is 0 Å². The van der Waals surface area contributed by atoms with Crippen LogP contribution in [0.4, 0.5) is 0 Å². The SMILES string of the molecule is CC(C)OC1=CC(C(N)=O)CC=N1. The monoisotopic (exact) mass is 182 g/mol. The molecule has 0 aromatic rings. The van der Waals surface area contributed by atoms with Gasteiger partial charge in [0.25, 0.3) is 0 Å². The number of ether oxygens (including phenoxy) is 1. The molecule has 1 aliphatic heterocycles. The summed E-state index contributed by atoms with van der Waals surface area (Å²) >= 11 is 0. The first-order valence-electron chi connectivity index (χ1n) is 4.30. The van der Waals surface area contributed by atoms with Crippen molar-refractivity contribution in [2.75, 3.05) is 0 Å². The second-order valence-corrected chi connectivity index (χ2v) is 3.23. The number of primary amides is 1. The Hall–Kier alpha value is -1.32. The third kappa shape index (κ3) is 2.89. The van der Waals surface area contributed by atoms with Crippen molar-refractivity contribution < 1.29 is 9.53 Å². The normalized spacial score (nSPS) is 21.5. The number of carbonyl (C=O) groups is 1. The number of nitrogens with zero attached hydrogens (tertiary/aromatic N) is 1. The van der Waals surface area contributed by atoms with Crippen molar-refractivity contribution in [3.8, 4) is 0 Å². The average molecular weight is 182 g/mol. The lowest BCUT2D eigenvalue weighted by atomic mass is 10.0. The van der Waals surface area contributed by atoms with Crippen molar-refractivity contribution >= 4 is 12.1 Å². The van der Waals surface area contributed by atoms with E-state index in [1.807, 2.05) is 13.8 Å². The highest BCUT2D eigenvalue weighted by Gasteiger charge is 2.16. The smallest absolute Gasteiger partial charge is 0.224 e. The Labute approximate surface area is 77.5 Å². The number of hydrogen-bond acceptors (Lipinski definition) is 3. The van der Waals surface area contributed by atoms with Gasteiger partial charge in [0.2, 0.25) is 11.8 Å². The number of carbonyl (C=O) groups excluding carboxylic acids is 1. The molecule has 0 fully saturated rings. The van der Waals surface area contributed by atoms with Gasteiger partial charge in [0.15, 0.2) is 0 Å². The maximum absolute atomic E-state index is 10.8. The van der Waals surface area contributed by atoms with E-state index in [2.05, 4.69) is 4.99 Å². The van der Waals surface area contributed by atoms with Gasteiger partial charge < -0.3 is 10.5 Å². The molecule has 0 saturated heterocycles. The van der Waals surface area contributed by atoms with Gasteiger partial charge in [0.1, 0.15) is 0 Å². The van der Waals surface area contributed by atoms with Gasteiger partial charge in [-0.15, -0.1) is 0 Å². The van der Waals surface area contributed by atoms with E-state index in [1.165, 1.54) is 0 Å². The fraction of sp³-hybridized carbons (Fsp3) is 0.556. The summed E-state index contributed by atoms with van der Waals surface area (Å²) < 4.78 is 5.33. The minimum atomic E-state index is -0.337. The lowest BCUT2D eigenvalue weighted by Crippen LogP contribution is -2.24. The number of hydrogen-bond donors (Lipinski definition) is 1. The Kier molecular flexibility index (Phi) is 3.06. The Morgan fingerprint density at radius 3 is 3.00 bits per heavy atom. The minimum absolute atomic E-state index is 0.0648. The van der Waals surface area contributed by atoms with Gasteiger partial charge in [-0.05, 0) is 26.3 Å². The molecule has 4 heteroatoms. The molecule has 1 atom stereocenters. The topological polar surface area (TPSA) is 64.7 Å². The van der Waals surface area contributed by atoms with Gasteiger partial charge in [-0.2, -0.15) is 0 Å². The summed E-state index contributed by atoms with van der Waals surface area (Å²) in [5, 5.41) is 0. The molecule has 1 rings (SSSR count). The molecule has 1 aliphatic rings. The summed E-state index contributed by atoms with van der Waals surface area (Å²) in [6.45, 7) is 3.81. The van der Waals surface area contributed by atoms with Gasteiger partial charge in [0.05, 0.1) is 12.0 Å². The molecule has 0 aromatic carbocycles. The first-order chi connectivity index (χ1) is 6.09. The van der Waals surface area contributed by atoms with Crippen LogP contribution in [0.1, 0.15) is 20.3 Å². The highest BCUT2D eigenvalue weighted by atomic mass is 16.5. The second-order valence-electron chi connectivity index (χ2n) is 3.23. The number of rotatable bonds is 3. The van der Waals surface area contributed by atoms with Crippen molar-refractivity contribution in [1.82, 2.24) is 0 Å². The van der Waals surface area contributed by atoms with Crippen LogP contribution in [0.15, 0.2) is 17.0 Å². The fourth-order valence-electron chi connectivity index (χ4n) is 1.05. The van der Waals surface area contributed by atoms with Crippen LogP contribution < -0.4 is 5.73 Å². The summed E-state index contributed by atoms with van der Waals surface area (Å²) in [7, 11) is 0. The molecule has 72 valence electrons. The van der Waals surface area contributed by atoms with Gasteiger partial charge in [0, 0.05) is 6.21 Å². The van der Waals surface area contributed by atoms with Crippen LogP contribution in [-0.2, 0) is 9.53 Å². The standard InChI is InChI=1S/C9H14N2O2/c1-6(2)13-8-5-7(9(10)12)3-4-11-8/h4-7H,3H2,1-2H3,(H2,10,12). The molecule has 1 unspecified atom stereocenters. The van der Waals surface area contributed by atoms with Crippen LogP contribution in [0, 0.1) is 5.92 Å². The molecule has 4 nitrogen and oxygen atoms in total. The Morgan fingerprint density at radius 2 is 2.46 bits per heavy atom. The number of amides is 1. The van der Waals surface area contributed by atoms with E-state index in [0.717, 1.165) is 0 Å². The molecule has 1 amide bonds. The molecule has 0 radical (unpaired) electrons. The van der Waals surface area contributed by atoms with Crippen LogP contribution in [0.5, 0.6) is 0 Å². The second kappa shape index (κ2) is 4.07. The van der Waals surface area contributed by atoms with Crippen molar-refractivity contribution in [2.45, 2.75) is 26.4 Å². The van der Waals surface area contributed by atoms with E-state index < -0.39 is 0 Å². The van der Waals surface area contributed by atoms with Crippen LogP contribution in [-0.4, -0.2) is 18.2 Å². The summed E-state index contributed by atoms with van der Waals surface area (Å²) in [6, 6.07) is 0. The number of aliphatic imine (C=N–C) groups is 1. The quantitative estimate of drug-likeness (QED) is 0.702. The van der Waals surface area contributed by atoms with E-state index in [1.54, 1.807) is 12.3 Å². The molecule has 0 spiro atoms. The van der Waals surface area contributed by atoms with Crippen molar-refractivity contribution in [3.05, 3.63) is 12.0 Å². The molecule has 0 aromatic heterocycles. The largest absolute Gasteiger partial charge is 0.475 e. The zero-order valence-corrected chi connectivity index (χ0v) is 7.86. The van der Waals surface area contributed by atoms with Gasteiger partial charge in [-0.1, -0.05) is 0 Å². The van der Waals surface area contributed by atoms with Crippen LogP contribution >= 0.6 is 0 Å². The van der Waals surface area contributed by atoms with Crippen LogP contribution in [0.2, 0.25) is 0 Å². The van der Waals surface area contributed by atoms with Gasteiger partial charge >= 0.3 is 0 Å². The molecular formula is C9H14N2O2. The summed E-state index contributed by atoms with van der Waals surface area (Å²) in [4.78, 5) is 14.9. The lowest BCUT2D eigenvalue weighted by molar-refractivity contribution is -0.120. The predicted molar refractivity (Wildman–Crippen MR) is 50.1 cm³/mol. The highest BCUT2D eigenvalue weighted by Crippen LogP contribution is 2.15. The fourth-order valence-corrected chi connectivity index (χ4v) is 1.05. The van der Waals surface area contributed by atoms with Crippen LogP contribution in [0.25, 0.3) is 0 Å². The van der Waals surface area contributed by atoms with E-state index in [4.69, 9.17) is 10.5 Å².